The van der Waals surface area contributed by atoms with Gasteiger partial charge in [-0.15, -0.1) is 0 Å². The highest BCUT2D eigenvalue weighted by Crippen LogP contribution is 2.26. The highest BCUT2D eigenvalue weighted by molar-refractivity contribution is 5.98. The molecule has 2 rings (SSSR count). The van der Waals surface area contributed by atoms with Crippen molar-refractivity contribution in [3.63, 3.8) is 0 Å². The van der Waals surface area contributed by atoms with Gasteiger partial charge in [0.1, 0.15) is 11.7 Å². The van der Waals surface area contributed by atoms with E-state index in [0.29, 0.717) is 5.92 Å². The molecule has 0 spiro atoms. The molecule has 120 valence electrons. The highest BCUT2D eigenvalue weighted by Gasteiger charge is 2.24. The molecule has 1 aliphatic rings. The van der Waals surface area contributed by atoms with Gasteiger partial charge in [-0.25, -0.2) is 0 Å². The molecule has 0 amide bonds. The van der Waals surface area contributed by atoms with Crippen molar-refractivity contribution in [2.75, 3.05) is 25.0 Å². The van der Waals surface area contributed by atoms with Gasteiger partial charge in [-0.05, 0) is 49.5 Å². The Hall–Kier alpha value is -1.88. The lowest BCUT2D eigenvalue weighted by Crippen LogP contribution is -2.30. The van der Waals surface area contributed by atoms with Crippen molar-refractivity contribution in [1.29, 1.82) is 0 Å². The van der Waals surface area contributed by atoms with E-state index >= 15 is 0 Å². The Morgan fingerprint density at radius 2 is 1.91 bits per heavy atom. The molecular formula is C17H24N2O3. The van der Waals surface area contributed by atoms with Gasteiger partial charge in [0, 0.05) is 18.7 Å². The van der Waals surface area contributed by atoms with Crippen LogP contribution in [-0.2, 0) is 9.59 Å². The maximum Gasteiger partial charge on any atom is 0.315 e. The molecule has 5 heteroatoms. The van der Waals surface area contributed by atoms with Crippen molar-refractivity contribution >= 4 is 17.4 Å². The molecule has 0 aromatic heterocycles. The Kier molecular flexibility index (Phi) is 5.95. The molecule has 1 aromatic rings. The van der Waals surface area contributed by atoms with E-state index in [9.17, 15) is 9.59 Å². The number of aliphatic carboxylic acids is 1. The number of Topliss-reactive ketones (excluding diaryl/α,β-unsaturated/α-hetero) is 1. The number of benzene rings is 1. The predicted octanol–water partition coefficient (Wildman–Crippen LogP) is 2.25. The van der Waals surface area contributed by atoms with Gasteiger partial charge >= 0.3 is 5.97 Å². The predicted molar refractivity (Wildman–Crippen MR) is 86.2 cm³/mol. The Balaban J connectivity index is 1.93. The topological polar surface area (TPSA) is 78.4 Å². The van der Waals surface area contributed by atoms with Crippen LogP contribution < -0.4 is 10.6 Å². The first-order valence-electron chi connectivity index (χ1n) is 7.92. The summed E-state index contributed by atoms with van der Waals surface area (Å²) < 4.78 is 0. The summed E-state index contributed by atoms with van der Waals surface area (Å²) in [7, 11) is 0. The van der Waals surface area contributed by atoms with Crippen LogP contribution in [0.2, 0.25) is 0 Å². The number of piperidine rings is 1. The van der Waals surface area contributed by atoms with Crippen molar-refractivity contribution in [2.45, 2.75) is 32.1 Å². The van der Waals surface area contributed by atoms with Crippen LogP contribution in [0.4, 0.5) is 5.69 Å². The van der Waals surface area contributed by atoms with Crippen molar-refractivity contribution < 1.29 is 14.7 Å². The zero-order valence-electron chi connectivity index (χ0n) is 13.0. The maximum atomic E-state index is 11.6. The number of hydrogen-bond acceptors (Lipinski definition) is 4. The van der Waals surface area contributed by atoms with Gasteiger partial charge in [-0.1, -0.05) is 19.1 Å². The SMILES string of the molecule is CCC(=O)C(CNc1ccc(C2CCNCC2)cc1)C(=O)O. The molecule has 3 N–H and O–H groups in total. The molecule has 1 unspecified atom stereocenters. The summed E-state index contributed by atoms with van der Waals surface area (Å²) >= 11 is 0. The van der Waals surface area contributed by atoms with Crippen LogP contribution in [-0.4, -0.2) is 36.5 Å². The standard InChI is InChI=1S/C17H24N2O3/c1-2-16(20)15(17(21)22)11-19-14-5-3-12(4-6-14)13-7-9-18-10-8-13/h3-6,13,15,18-19H,2,7-11H2,1H3,(H,21,22). The molecule has 0 radical (unpaired) electrons. The number of ketones is 1. The number of carbonyl (C=O) groups excluding carboxylic acids is 1. The minimum Gasteiger partial charge on any atom is -0.481 e. The number of anilines is 1. The van der Waals surface area contributed by atoms with Gasteiger partial charge in [0.05, 0.1) is 0 Å². The van der Waals surface area contributed by atoms with E-state index in [2.05, 4.69) is 22.8 Å². The molecule has 5 nitrogen and oxygen atoms in total. The van der Waals surface area contributed by atoms with Gasteiger partial charge < -0.3 is 15.7 Å². The van der Waals surface area contributed by atoms with E-state index < -0.39 is 11.9 Å². The van der Waals surface area contributed by atoms with E-state index in [4.69, 9.17) is 5.11 Å². The van der Waals surface area contributed by atoms with Crippen molar-refractivity contribution in [3.8, 4) is 0 Å². The van der Waals surface area contributed by atoms with Crippen molar-refractivity contribution in [3.05, 3.63) is 29.8 Å². The van der Waals surface area contributed by atoms with Crippen LogP contribution >= 0.6 is 0 Å². The molecule has 1 fully saturated rings. The van der Waals surface area contributed by atoms with Gasteiger partial charge in [-0.2, -0.15) is 0 Å². The largest absolute Gasteiger partial charge is 0.481 e. The molecule has 1 atom stereocenters. The molecule has 1 aliphatic heterocycles. The minimum absolute atomic E-state index is 0.134. The fourth-order valence-electron chi connectivity index (χ4n) is 2.83. The Morgan fingerprint density at radius 1 is 1.27 bits per heavy atom. The first-order chi connectivity index (χ1) is 10.6. The summed E-state index contributed by atoms with van der Waals surface area (Å²) in [6, 6.07) is 8.12. The fourth-order valence-corrected chi connectivity index (χ4v) is 2.83. The normalized spacial score (nSPS) is 17.0. The van der Waals surface area contributed by atoms with Crippen LogP contribution in [0.5, 0.6) is 0 Å². The fraction of sp³-hybridized carbons (Fsp3) is 0.529. The molecular weight excluding hydrogens is 280 g/mol. The second kappa shape index (κ2) is 7.94. The summed E-state index contributed by atoms with van der Waals surface area (Å²) in [5.41, 5.74) is 2.18. The number of rotatable bonds is 7. The van der Waals surface area contributed by atoms with Gasteiger partial charge in [0.15, 0.2) is 0 Å². The minimum atomic E-state index is -1.06. The molecule has 1 aromatic carbocycles. The lowest BCUT2D eigenvalue weighted by atomic mass is 9.90. The van der Waals surface area contributed by atoms with E-state index in [1.54, 1.807) is 6.92 Å². The molecule has 1 heterocycles. The summed E-state index contributed by atoms with van der Waals surface area (Å²) in [5.74, 6) is -1.69. The number of nitrogens with one attached hydrogen (secondary N) is 2. The smallest absolute Gasteiger partial charge is 0.315 e. The number of carboxylic acids is 1. The zero-order chi connectivity index (χ0) is 15.9. The molecule has 0 saturated carbocycles. The monoisotopic (exact) mass is 304 g/mol. The lowest BCUT2D eigenvalue weighted by Gasteiger charge is -2.23. The summed E-state index contributed by atoms with van der Waals surface area (Å²) in [4.78, 5) is 22.7. The average molecular weight is 304 g/mol. The first kappa shape index (κ1) is 16.5. The highest BCUT2D eigenvalue weighted by atomic mass is 16.4. The average Bonchev–Trinajstić information content (AvgIpc) is 2.56. The third-order valence-corrected chi connectivity index (χ3v) is 4.27. The molecule has 0 bridgehead atoms. The lowest BCUT2D eigenvalue weighted by molar-refractivity contribution is -0.145. The zero-order valence-corrected chi connectivity index (χ0v) is 13.0. The van der Waals surface area contributed by atoms with E-state index in [0.717, 1.165) is 31.6 Å². The van der Waals surface area contributed by atoms with E-state index in [1.807, 2.05) is 12.1 Å². The number of hydrogen-bond donors (Lipinski definition) is 3. The molecule has 0 aliphatic carbocycles. The molecule has 1 saturated heterocycles. The first-order valence-corrected chi connectivity index (χ1v) is 7.92. The van der Waals surface area contributed by atoms with Crippen LogP contribution in [0.3, 0.4) is 0 Å². The second-order valence-corrected chi connectivity index (χ2v) is 5.74. The van der Waals surface area contributed by atoms with Crippen LogP contribution in [0.15, 0.2) is 24.3 Å². The van der Waals surface area contributed by atoms with Gasteiger partial charge in [0.2, 0.25) is 0 Å². The van der Waals surface area contributed by atoms with Crippen LogP contribution in [0.1, 0.15) is 37.7 Å². The summed E-state index contributed by atoms with van der Waals surface area (Å²) in [5, 5.41) is 15.5. The van der Waals surface area contributed by atoms with E-state index in [1.165, 1.54) is 5.56 Å². The van der Waals surface area contributed by atoms with Gasteiger partial charge in [0.25, 0.3) is 0 Å². The third kappa shape index (κ3) is 4.31. The Bertz CT molecular complexity index is 507. The Labute approximate surface area is 131 Å². The van der Waals surface area contributed by atoms with Crippen LogP contribution in [0, 0.1) is 5.92 Å². The number of carbonyl (C=O) groups is 2. The second-order valence-electron chi connectivity index (χ2n) is 5.74. The van der Waals surface area contributed by atoms with Crippen LogP contribution in [0.25, 0.3) is 0 Å². The maximum absolute atomic E-state index is 11.6. The van der Waals surface area contributed by atoms with Crippen molar-refractivity contribution in [2.24, 2.45) is 5.92 Å². The number of carboxylic acid groups (broad SMARTS) is 1. The molecule has 22 heavy (non-hydrogen) atoms. The Morgan fingerprint density at radius 3 is 2.45 bits per heavy atom. The van der Waals surface area contributed by atoms with Crippen molar-refractivity contribution in [1.82, 2.24) is 5.32 Å². The third-order valence-electron chi connectivity index (χ3n) is 4.27. The quantitative estimate of drug-likeness (QED) is 0.673. The van der Waals surface area contributed by atoms with E-state index in [-0.39, 0.29) is 18.7 Å². The van der Waals surface area contributed by atoms with Gasteiger partial charge in [-0.3, -0.25) is 9.59 Å². The summed E-state index contributed by atoms with van der Waals surface area (Å²) in [6.45, 7) is 3.94. The summed E-state index contributed by atoms with van der Waals surface area (Å²) in [6.07, 6.45) is 2.55.